The maximum Gasteiger partial charge on any atom is 0.264 e. The summed E-state index contributed by atoms with van der Waals surface area (Å²) in [5, 5.41) is 3.43. The molecule has 0 aromatic heterocycles. The summed E-state index contributed by atoms with van der Waals surface area (Å²) in [7, 11) is -4.20. The number of halogens is 1. The highest BCUT2D eigenvalue weighted by Crippen LogP contribution is 2.31. The number of hydrogen-bond acceptors (Lipinski definition) is 4. The van der Waals surface area contributed by atoms with Crippen molar-refractivity contribution in [3.8, 4) is 0 Å². The first kappa shape index (κ1) is 33.7. The van der Waals surface area contributed by atoms with E-state index in [1.165, 1.54) is 17.0 Å². The normalized spacial score (nSPS) is 12.6. The van der Waals surface area contributed by atoms with Crippen LogP contribution in [0.5, 0.6) is 0 Å². The Labute approximate surface area is 271 Å². The maximum atomic E-state index is 14.6. The minimum atomic E-state index is -4.20. The van der Waals surface area contributed by atoms with Gasteiger partial charge in [-0.15, -0.1) is 0 Å². The molecule has 0 aliphatic carbocycles. The number of amides is 2. The Kier molecular flexibility index (Phi) is 11.4. The number of sulfonamides is 1. The maximum absolute atomic E-state index is 14.6. The Bertz CT molecular complexity index is 1700. The zero-order chi connectivity index (χ0) is 32.6. The Hall–Kier alpha value is -4.14. The molecule has 0 heterocycles. The number of nitrogens with zero attached hydrogens (tertiary/aromatic N) is 2. The molecule has 0 fully saturated rings. The summed E-state index contributed by atoms with van der Waals surface area (Å²) >= 11 is 6.45. The van der Waals surface area contributed by atoms with E-state index in [1.54, 1.807) is 43.3 Å². The lowest BCUT2D eigenvalue weighted by Gasteiger charge is -2.34. The summed E-state index contributed by atoms with van der Waals surface area (Å²) in [5.41, 5.74) is 3.57. The van der Waals surface area contributed by atoms with Crippen LogP contribution in [0.2, 0.25) is 5.02 Å². The summed E-state index contributed by atoms with van der Waals surface area (Å²) in [5.74, 6) is -0.820. The predicted molar refractivity (Wildman–Crippen MR) is 181 cm³/mol. The number of carbonyl (C=O) groups is 2. The standard InChI is InChI=1S/C36H40ClN3O4S/c1-5-27(3)38-36(42)34(23-29-13-8-6-9-14-29)39(24-30-21-19-26(2)20-22-30)35(41)25-40(33-18-12-17-32(37)28(33)4)45(43,44)31-15-10-7-11-16-31/h6-22,27,34H,5,23-25H2,1-4H3,(H,38,42)/t27-,34-/m0/s1. The summed E-state index contributed by atoms with van der Waals surface area (Å²) in [6.45, 7) is 7.16. The van der Waals surface area contributed by atoms with Gasteiger partial charge in [0.1, 0.15) is 12.6 Å². The molecular weight excluding hydrogens is 606 g/mol. The lowest BCUT2D eigenvalue weighted by molar-refractivity contribution is -0.140. The molecule has 0 bridgehead atoms. The van der Waals surface area contributed by atoms with Gasteiger partial charge in [0.2, 0.25) is 11.8 Å². The molecule has 0 aliphatic rings. The lowest BCUT2D eigenvalue weighted by Crippen LogP contribution is -2.54. The monoisotopic (exact) mass is 645 g/mol. The fraction of sp³-hybridized carbons (Fsp3) is 0.278. The van der Waals surface area contributed by atoms with Crippen LogP contribution >= 0.6 is 11.6 Å². The molecule has 0 saturated carbocycles. The minimum Gasteiger partial charge on any atom is -0.352 e. The second kappa shape index (κ2) is 15.2. The summed E-state index contributed by atoms with van der Waals surface area (Å²) in [4.78, 5) is 30.0. The molecule has 0 unspecified atom stereocenters. The molecule has 45 heavy (non-hydrogen) atoms. The minimum absolute atomic E-state index is 0.0395. The average molecular weight is 646 g/mol. The van der Waals surface area contributed by atoms with E-state index in [1.807, 2.05) is 75.4 Å². The fourth-order valence-electron chi connectivity index (χ4n) is 4.98. The molecular formula is C36H40ClN3O4S. The van der Waals surface area contributed by atoms with Crippen molar-refractivity contribution < 1.29 is 18.0 Å². The zero-order valence-corrected chi connectivity index (χ0v) is 27.7. The number of hydrogen-bond donors (Lipinski definition) is 1. The van der Waals surface area contributed by atoms with E-state index in [4.69, 9.17) is 11.6 Å². The van der Waals surface area contributed by atoms with Gasteiger partial charge in [-0.25, -0.2) is 8.42 Å². The van der Waals surface area contributed by atoms with Crippen LogP contribution in [-0.4, -0.2) is 43.8 Å². The van der Waals surface area contributed by atoms with Crippen molar-refractivity contribution in [3.05, 3.63) is 130 Å². The number of anilines is 1. The predicted octanol–water partition coefficient (Wildman–Crippen LogP) is 6.71. The van der Waals surface area contributed by atoms with Gasteiger partial charge >= 0.3 is 0 Å². The number of aryl methyl sites for hydroxylation is 1. The zero-order valence-electron chi connectivity index (χ0n) is 26.1. The summed E-state index contributed by atoms with van der Waals surface area (Å²) < 4.78 is 29.4. The lowest BCUT2D eigenvalue weighted by atomic mass is 10.0. The first-order valence-electron chi connectivity index (χ1n) is 15.0. The van der Waals surface area contributed by atoms with Gasteiger partial charge in [0.05, 0.1) is 10.6 Å². The molecule has 0 saturated heterocycles. The molecule has 0 aliphatic heterocycles. The van der Waals surface area contributed by atoms with Crippen LogP contribution < -0.4 is 9.62 Å². The van der Waals surface area contributed by atoms with E-state index in [9.17, 15) is 18.0 Å². The third-order valence-electron chi connectivity index (χ3n) is 7.86. The van der Waals surface area contributed by atoms with E-state index in [-0.39, 0.29) is 29.8 Å². The van der Waals surface area contributed by atoms with E-state index in [0.717, 1.165) is 21.0 Å². The quantitative estimate of drug-likeness (QED) is 0.175. The van der Waals surface area contributed by atoms with Crippen LogP contribution in [-0.2, 0) is 32.6 Å². The fourth-order valence-corrected chi connectivity index (χ4v) is 6.65. The van der Waals surface area contributed by atoms with Gasteiger partial charge in [-0.1, -0.05) is 103 Å². The number of nitrogens with one attached hydrogen (secondary N) is 1. The van der Waals surface area contributed by atoms with Crippen LogP contribution in [0.25, 0.3) is 0 Å². The molecule has 0 spiro atoms. The third-order valence-corrected chi connectivity index (χ3v) is 10.0. The van der Waals surface area contributed by atoms with Crippen molar-refractivity contribution >= 4 is 39.1 Å². The van der Waals surface area contributed by atoms with Gasteiger partial charge in [0.25, 0.3) is 10.0 Å². The molecule has 2 amide bonds. The van der Waals surface area contributed by atoms with E-state index < -0.39 is 28.5 Å². The summed E-state index contributed by atoms with van der Waals surface area (Å²) in [6, 6.07) is 29.2. The Morgan fingerprint density at radius 3 is 2.07 bits per heavy atom. The third kappa shape index (κ3) is 8.53. The van der Waals surface area contributed by atoms with Crippen molar-refractivity contribution in [2.45, 2.75) is 64.1 Å². The van der Waals surface area contributed by atoms with Crippen molar-refractivity contribution in [3.63, 3.8) is 0 Å². The van der Waals surface area contributed by atoms with Crippen molar-refractivity contribution in [2.75, 3.05) is 10.8 Å². The van der Waals surface area contributed by atoms with Gasteiger partial charge in [0.15, 0.2) is 0 Å². The highest BCUT2D eigenvalue weighted by molar-refractivity contribution is 7.92. The van der Waals surface area contributed by atoms with Crippen molar-refractivity contribution in [1.82, 2.24) is 10.2 Å². The van der Waals surface area contributed by atoms with Gasteiger partial charge in [0, 0.05) is 24.0 Å². The van der Waals surface area contributed by atoms with Gasteiger partial charge < -0.3 is 10.2 Å². The summed E-state index contributed by atoms with van der Waals surface area (Å²) in [6.07, 6.45) is 0.967. The van der Waals surface area contributed by atoms with Crippen LogP contribution in [0, 0.1) is 13.8 Å². The number of benzene rings is 4. The second-order valence-corrected chi connectivity index (χ2v) is 13.5. The Morgan fingerprint density at radius 2 is 1.44 bits per heavy atom. The first-order valence-corrected chi connectivity index (χ1v) is 16.8. The highest BCUT2D eigenvalue weighted by atomic mass is 35.5. The van der Waals surface area contributed by atoms with Crippen LogP contribution in [0.15, 0.2) is 108 Å². The molecule has 9 heteroatoms. The van der Waals surface area contributed by atoms with Crippen molar-refractivity contribution in [2.24, 2.45) is 0 Å². The topological polar surface area (TPSA) is 86.8 Å². The number of carbonyl (C=O) groups excluding carboxylic acids is 2. The second-order valence-electron chi connectivity index (χ2n) is 11.2. The van der Waals surface area contributed by atoms with E-state index in [2.05, 4.69) is 5.32 Å². The molecule has 7 nitrogen and oxygen atoms in total. The van der Waals surface area contributed by atoms with Crippen LogP contribution in [0.1, 0.15) is 42.5 Å². The molecule has 0 radical (unpaired) electrons. The Morgan fingerprint density at radius 1 is 0.822 bits per heavy atom. The number of rotatable bonds is 13. The van der Waals surface area contributed by atoms with Crippen molar-refractivity contribution in [1.29, 1.82) is 0 Å². The van der Waals surface area contributed by atoms with Crippen LogP contribution in [0.3, 0.4) is 0 Å². The molecule has 4 aromatic carbocycles. The molecule has 4 rings (SSSR count). The first-order chi connectivity index (χ1) is 21.5. The SMILES string of the molecule is CC[C@H](C)NC(=O)[C@H](Cc1ccccc1)N(Cc1ccc(C)cc1)C(=O)CN(c1cccc(Cl)c1C)S(=O)(=O)c1ccccc1. The smallest absolute Gasteiger partial charge is 0.264 e. The van der Waals surface area contributed by atoms with Gasteiger partial charge in [-0.05, 0) is 68.1 Å². The molecule has 1 N–H and O–H groups in total. The van der Waals surface area contributed by atoms with Crippen LogP contribution in [0.4, 0.5) is 5.69 Å². The Balaban J connectivity index is 1.83. The molecule has 4 aromatic rings. The van der Waals surface area contributed by atoms with Gasteiger partial charge in [-0.2, -0.15) is 0 Å². The average Bonchev–Trinajstić information content (AvgIpc) is 3.04. The molecule has 2 atom stereocenters. The largest absolute Gasteiger partial charge is 0.352 e. The molecule has 236 valence electrons. The van der Waals surface area contributed by atoms with E-state index in [0.29, 0.717) is 22.7 Å². The van der Waals surface area contributed by atoms with Gasteiger partial charge in [-0.3, -0.25) is 13.9 Å². The highest BCUT2D eigenvalue weighted by Gasteiger charge is 2.35. The van der Waals surface area contributed by atoms with E-state index >= 15 is 0 Å².